The standard InChI is InChI=1S/C11H22P2/c1-10(2,3)8-12-9(13(8)7)11(4,5)6/h8H,1-7H3. The molecule has 1 heterocycles. The second-order valence-corrected chi connectivity index (χ2v) is 10.2. The molecule has 2 atom stereocenters. The van der Waals surface area contributed by atoms with E-state index in [0.29, 0.717) is 10.8 Å². The molecule has 0 fully saturated rings. The third-order valence-corrected chi connectivity index (χ3v) is 9.85. The second kappa shape index (κ2) is 3.32. The summed E-state index contributed by atoms with van der Waals surface area (Å²) in [6.45, 7) is 16.7. The molecule has 0 N–H and O–H groups in total. The van der Waals surface area contributed by atoms with Crippen LogP contribution in [0, 0.1) is 10.8 Å². The van der Waals surface area contributed by atoms with Crippen LogP contribution in [0.3, 0.4) is 0 Å². The van der Waals surface area contributed by atoms with Crippen molar-refractivity contribution in [3.05, 3.63) is 0 Å². The minimum Gasteiger partial charge on any atom is -0.0909 e. The Bertz CT molecular complexity index is 227. The molecular weight excluding hydrogens is 194 g/mol. The number of hydrogen-bond donors (Lipinski definition) is 0. The van der Waals surface area contributed by atoms with Gasteiger partial charge < -0.3 is 0 Å². The van der Waals surface area contributed by atoms with Crippen LogP contribution in [0.15, 0.2) is 0 Å². The van der Waals surface area contributed by atoms with Crippen molar-refractivity contribution in [3.8, 4) is 0 Å². The predicted molar refractivity (Wildman–Crippen MR) is 67.5 cm³/mol. The molecule has 0 aromatic rings. The molecule has 2 heteroatoms. The normalized spacial score (nSPS) is 30.8. The van der Waals surface area contributed by atoms with E-state index < -0.39 is 0 Å². The first kappa shape index (κ1) is 11.7. The highest BCUT2D eigenvalue weighted by atomic mass is 31.2. The fraction of sp³-hybridized carbons (Fsp3) is 0.909. The van der Waals surface area contributed by atoms with E-state index >= 15 is 0 Å². The van der Waals surface area contributed by atoms with Crippen molar-refractivity contribution in [2.45, 2.75) is 46.9 Å². The minimum absolute atomic E-state index is 0.184. The summed E-state index contributed by atoms with van der Waals surface area (Å²) in [6.07, 6.45) is 0. The summed E-state index contributed by atoms with van der Waals surface area (Å²) < 4.78 is 0. The molecule has 0 aromatic heterocycles. The van der Waals surface area contributed by atoms with Gasteiger partial charge in [0.05, 0.1) is 0 Å². The molecule has 0 spiro atoms. The monoisotopic (exact) mass is 216 g/mol. The maximum atomic E-state index is 2.46. The molecule has 0 amide bonds. The van der Waals surface area contributed by atoms with Gasteiger partial charge in [0.25, 0.3) is 0 Å². The quantitative estimate of drug-likeness (QED) is 0.519. The molecule has 0 radical (unpaired) electrons. The molecule has 1 aliphatic rings. The average Bonchev–Trinajstić information content (AvgIpc) is 1.77. The Hall–Kier alpha value is 0.600. The van der Waals surface area contributed by atoms with E-state index in [1.54, 1.807) is 8.20 Å². The Balaban J connectivity index is 2.80. The lowest BCUT2D eigenvalue weighted by molar-refractivity contribution is 0.453. The summed E-state index contributed by atoms with van der Waals surface area (Å²) in [5, 5.41) is 2.75. The van der Waals surface area contributed by atoms with Crippen LogP contribution in [0.25, 0.3) is 0 Å². The lowest BCUT2D eigenvalue weighted by atomic mass is 9.99. The molecule has 76 valence electrons. The lowest BCUT2D eigenvalue weighted by Gasteiger charge is -2.46. The second-order valence-electron chi connectivity index (χ2n) is 6.05. The fourth-order valence-corrected chi connectivity index (χ4v) is 7.28. The van der Waals surface area contributed by atoms with Gasteiger partial charge in [0.15, 0.2) is 0 Å². The minimum atomic E-state index is 0.184. The van der Waals surface area contributed by atoms with Gasteiger partial charge in [0.1, 0.15) is 0 Å². The topological polar surface area (TPSA) is 0 Å². The first-order chi connectivity index (χ1) is 5.64. The van der Waals surface area contributed by atoms with E-state index in [0.717, 1.165) is 5.40 Å². The molecule has 0 saturated carbocycles. The van der Waals surface area contributed by atoms with Crippen LogP contribution in [0.5, 0.6) is 0 Å². The van der Waals surface area contributed by atoms with E-state index in [1.165, 1.54) is 0 Å². The van der Waals surface area contributed by atoms with Gasteiger partial charge in [-0.1, -0.05) is 57.7 Å². The van der Waals surface area contributed by atoms with E-state index in [9.17, 15) is 0 Å². The van der Waals surface area contributed by atoms with E-state index in [-0.39, 0.29) is 7.92 Å². The average molecular weight is 216 g/mol. The van der Waals surface area contributed by atoms with Crippen molar-refractivity contribution in [1.82, 2.24) is 0 Å². The Labute approximate surface area is 86.1 Å². The van der Waals surface area contributed by atoms with Crippen LogP contribution in [0.4, 0.5) is 0 Å². The molecule has 0 saturated heterocycles. The Morgan fingerprint density at radius 3 is 1.77 bits per heavy atom. The van der Waals surface area contributed by atoms with Gasteiger partial charge >= 0.3 is 0 Å². The fourth-order valence-electron chi connectivity index (χ4n) is 1.85. The van der Waals surface area contributed by atoms with Gasteiger partial charge in [0, 0.05) is 5.40 Å². The maximum absolute atomic E-state index is 2.46. The van der Waals surface area contributed by atoms with Gasteiger partial charge in [-0.15, -0.1) is 0 Å². The molecule has 0 aliphatic carbocycles. The first-order valence-electron chi connectivity index (χ1n) is 4.95. The molecule has 2 unspecified atom stereocenters. The zero-order valence-electron chi connectivity index (χ0n) is 9.97. The first-order valence-corrected chi connectivity index (χ1v) is 7.77. The van der Waals surface area contributed by atoms with Crippen LogP contribution in [-0.4, -0.2) is 17.1 Å². The van der Waals surface area contributed by atoms with Crippen LogP contribution >= 0.6 is 16.1 Å². The summed E-state index contributed by atoms with van der Waals surface area (Å²) in [7, 11) is 1.82. The third kappa shape index (κ3) is 2.34. The molecule has 0 aromatic carbocycles. The summed E-state index contributed by atoms with van der Waals surface area (Å²) in [5.74, 6) is 0. The summed E-state index contributed by atoms with van der Waals surface area (Å²) in [5.41, 5.74) is 0.959. The lowest BCUT2D eigenvalue weighted by Crippen LogP contribution is -2.33. The zero-order valence-corrected chi connectivity index (χ0v) is 11.8. The molecule has 0 nitrogen and oxygen atoms in total. The zero-order chi connectivity index (χ0) is 10.4. The van der Waals surface area contributed by atoms with Crippen molar-refractivity contribution in [2.24, 2.45) is 10.8 Å². The molecule has 13 heavy (non-hydrogen) atoms. The third-order valence-electron chi connectivity index (χ3n) is 2.39. The van der Waals surface area contributed by atoms with Gasteiger partial charge in [-0.25, -0.2) is 0 Å². The molecular formula is C11H22P2. The highest BCUT2D eigenvalue weighted by molar-refractivity contribution is 7.98. The number of rotatable bonds is 0. The highest BCUT2D eigenvalue weighted by Crippen LogP contribution is 2.66. The van der Waals surface area contributed by atoms with Gasteiger partial charge in [-0.3, -0.25) is 0 Å². The van der Waals surface area contributed by atoms with Crippen molar-refractivity contribution >= 4 is 21.2 Å². The Morgan fingerprint density at radius 2 is 1.54 bits per heavy atom. The molecule has 1 aliphatic heterocycles. The van der Waals surface area contributed by atoms with E-state index in [4.69, 9.17) is 0 Å². The maximum Gasteiger partial charge on any atom is 0.0300 e. The summed E-state index contributed by atoms with van der Waals surface area (Å²) in [4.78, 5) is 0. The van der Waals surface area contributed by atoms with E-state index in [2.05, 4.69) is 48.2 Å². The Morgan fingerprint density at radius 1 is 1.08 bits per heavy atom. The van der Waals surface area contributed by atoms with Crippen LogP contribution in [0.1, 0.15) is 41.5 Å². The van der Waals surface area contributed by atoms with Crippen molar-refractivity contribution in [2.75, 3.05) is 6.66 Å². The Kier molecular flexibility index (Phi) is 2.98. The molecule has 0 bridgehead atoms. The van der Waals surface area contributed by atoms with Crippen molar-refractivity contribution in [1.29, 1.82) is 0 Å². The van der Waals surface area contributed by atoms with Gasteiger partial charge in [0.2, 0.25) is 0 Å². The number of hydrogen-bond acceptors (Lipinski definition) is 0. The SMILES string of the molecule is CP1C(C(C)(C)C)=PC1C(C)(C)C. The summed E-state index contributed by atoms with van der Waals surface area (Å²) in [6, 6.07) is 0. The molecule has 1 rings (SSSR count). The predicted octanol–water partition coefficient (Wildman–Crippen LogP) is 4.61. The highest BCUT2D eigenvalue weighted by Gasteiger charge is 2.41. The van der Waals surface area contributed by atoms with Crippen LogP contribution in [-0.2, 0) is 0 Å². The smallest absolute Gasteiger partial charge is 0.0300 e. The summed E-state index contributed by atoms with van der Waals surface area (Å²) >= 11 is 0. The van der Waals surface area contributed by atoms with Crippen LogP contribution in [0.2, 0.25) is 0 Å². The largest absolute Gasteiger partial charge is 0.0909 e. The van der Waals surface area contributed by atoms with Gasteiger partial charge in [-0.05, 0) is 22.5 Å². The van der Waals surface area contributed by atoms with Gasteiger partial charge in [-0.2, -0.15) is 0 Å². The van der Waals surface area contributed by atoms with Crippen molar-refractivity contribution < 1.29 is 0 Å². The van der Waals surface area contributed by atoms with Crippen molar-refractivity contribution in [3.63, 3.8) is 0 Å². The van der Waals surface area contributed by atoms with Crippen LogP contribution < -0.4 is 0 Å². The van der Waals surface area contributed by atoms with E-state index in [1.807, 2.05) is 5.03 Å².